The molecule has 2 heterocycles. The Labute approximate surface area is 167 Å². The van der Waals surface area contributed by atoms with Gasteiger partial charge in [-0.15, -0.1) is 0 Å². The summed E-state index contributed by atoms with van der Waals surface area (Å²) >= 11 is 6.25. The number of benzene rings is 2. The quantitative estimate of drug-likeness (QED) is 0.482. The molecule has 0 saturated carbocycles. The molecule has 4 rings (SSSR count). The summed E-state index contributed by atoms with van der Waals surface area (Å²) in [6.45, 7) is 0.243. The third-order valence-corrected chi connectivity index (χ3v) is 5.17. The van der Waals surface area contributed by atoms with Gasteiger partial charge in [0.2, 0.25) is 0 Å². The fourth-order valence-corrected chi connectivity index (χ4v) is 3.81. The minimum absolute atomic E-state index is 0.243. The molecule has 2 aromatic carbocycles. The Morgan fingerprint density at radius 1 is 1.07 bits per heavy atom. The third-order valence-electron chi connectivity index (χ3n) is 4.88. The molecule has 0 amide bonds. The molecule has 0 fully saturated rings. The van der Waals surface area contributed by atoms with Gasteiger partial charge in [0, 0.05) is 37.0 Å². The molecule has 0 radical (unpaired) electrons. The molecule has 0 N–H and O–H groups in total. The summed E-state index contributed by atoms with van der Waals surface area (Å²) in [5.74, 6) is 0.856. The first-order valence-corrected chi connectivity index (χ1v) is 9.04. The number of pyridine rings is 1. The van der Waals surface area contributed by atoms with Gasteiger partial charge in [-0.25, -0.2) is 9.78 Å². The van der Waals surface area contributed by atoms with Gasteiger partial charge in [-0.3, -0.25) is 0 Å². The van der Waals surface area contributed by atoms with Gasteiger partial charge in [0.25, 0.3) is 0 Å². The van der Waals surface area contributed by atoms with Crippen LogP contribution in [-0.2, 0) is 11.3 Å². The van der Waals surface area contributed by atoms with Crippen LogP contribution in [-0.4, -0.2) is 39.3 Å². The van der Waals surface area contributed by atoms with E-state index in [1.54, 1.807) is 20.4 Å². The molecule has 1 aromatic heterocycles. The van der Waals surface area contributed by atoms with E-state index in [4.69, 9.17) is 25.8 Å². The van der Waals surface area contributed by atoms with Gasteiger partial charge in [0.15, 0.2) is 16.7 Å². The van der Waals surface area contributed by atoms with Crippen molar-refractivity contribution in [3.8, 4) is 22.6 Å². The number of aromatic nitrogens is 1. The van der Waals surface area contributed by atoms with Crippen LogP contribution >= 0.6 is 11.6 Å². The minimum Gasteiger partial charge on any atom is -0.493 e. The zero-order chi connectivity index (χ0) is 20.0. The lowest BCUT2D eigenvalue weighted by atomic mass is 9.91. The maximum atomic E-state index is 12.5. The predicted molar refractivity (Wildman–Crippen MR) is 109 cm³/mol. The third kappa shape index (κ3) is 2.81. The van der Waals surface area contributed by atoms with Crippen molar-refractivity contribution in [2.45, 2.75) is 6.61 Å². The van der Waals surface area contributed by atoms with Crippen molar-refractivity contribution < 1.29 is 19.0 Å². The van der Waals surface area contributed by atoms with E-state index >= 15 is 0 Å². The highest BCUT2D eigenvalue weighted by molar-refractivity contribution is 6.32. The summed E-state index contributed by atoms with van der Waals surface area (Å²) in [6, 6.07) is 7.65. The zero-order valence-electron chi connectivity index (χ0n) is 16.0. The van der Waals surface area contributed by atoms with E-state index in [-0.39, 0.29) is 12.6 Å². The van der Waals surface area contributed by atoms with Crippen molar-refractivity contribution in [1.82, 2.24) is 4.98 Å². The number of hydrogen-bond acceptors (Lipinski definition) is 6. The Hall–Kier alpha value is -2.99. The van der Waals surface area contributed by atoms with E-state index < -0.39 is 0 Å². The second kappa shape index (κ2) is 6.87. The highest BCUT2D eigenvalue weighted by Crippen LogP contribution is 2.43. The Morgan fingerprint density at radius 3 is 2.46 bits per heavy atom. The van der Waals surface area contributed by atoms with Crippen LogP contribution in [0.1, 0.15) is 15.9 Å². The standard InChI is InChI=1S/C21H19ClN2O4/c1-24(2)15-6-12(9-23-20(15)22)18-14-8-17(27-4)16(26-3)7-11(14)5-13-10-28-21(25)19(13)18/h5-9H,10H2,1-4H3. The molecule has 144 valence electrons. The van der Waals surface area contributed by atoms with E-state index in [1.165, 1.54) is 0 Å². The van der Waals surface area contributed by atoms with Crippen LogP contribution in [0.4, 0.5) is 5.69 Å². The van der Waals surface area contributed by atoms with E-state index in [0.717, 1.165) is 33.2 Å². The second-order valence-electron chi connectivity index (χ2n) is 6.72. The molecule has 28 heavy (non-hydrogen) atoms. The first-order valence-electron chi connectivity index (χ1n) is 8.66. The average molecular weight is 399 g/mol. The van der Waals surface area contributed by atoms with Crippen LogP contribution in [0.15, 0.2) is 30.5 Å². The molecule has 0 unspecified atom stereocenters. The average Bonchev–Trinajstić information content (AvgIpc) is 3.05. The van der Waals surface area contributed by atoms with Crippen molar-refractivity contribution in [3.05, 3.63) is 46.7 Å². The summed E-state index contributed by atoms with van der Waals surface area (Å²) in [7, 11) is 6.96. The fraction of sp³-hybridized carbons (Fsp3) is 0.238. The zero-order valence-corrected chi connectivity index (χ0v) is 16.8. The Balaban J connectivity index is 2.10. The van der Waals surface area contributed by atoms with Gasteiger partial charge < -0.3 is 19.1 Å². The monoisotopic (exact) mass is 398 g/mol. The molecular formula is C21H19ClN2O4. The fourth-order valence-electron chi connectivity index (χ4n) is 3.53. The normalized spacial score (nSPS) is 12.7. The van der Waals surface area contributed by atoms with Crippen LogP contribution in [0, 0.1) is 0 Å². The molecule has 1 aliphatic rings. The van der Waals surface area contributed by atoms with Crippen LogP contribution in [0.25, 0.3) is 21.9 Å². The molecule has 0 saturated heterocycles. The molecule has 0 bridgehead atoms. The Morgan fingerprint density at radius 2 is 1.79 bits per heavy atom. The number of anilines is 1. The number of ether oxygens (including phenoxy) is 3. The highest BCUT2D eigenvalue weighted by atomic mass is 35.5. The largest absolute Gasteiger partial charge is 0.493 e. The van der Waals surface area contributed by atoms with Gasteiger partial charge in [0.1, 0.15) is 6.61 Å². The number of rotatable bonds is 4. The number of hydrogen-bond donors (Lipinski definition) is 0. The SMILES string of the molecule is COc1cc2cc3c(c(-c4cnc(Cl)c(N(C)C)c4)c2cc1OC)C(=O)OC3. The smallest absolute Gasteiger partial charge is 0.339 e. The second-order valence-corrected chi connectivity index (χ2v) is 7.08. The van der Waals surface area contributed by atoms with E-state index in [1.807, 2.05) is 43.3 Å². The van der Waals surface area contributed by atoms with Crippen molar-refractivity contribution in [2.75, 3.05) is 33.2 Å². The summed E-state index contributed by atoms with van der Waals surface area (Å²) in [6.07, 6.45) is 1.67. The van der Waals surface area contributed by atoms with Gasteiger partial charge in [-0.05, 0) is 35.0 Å². The van der Waals surface area contributed by atoms with Crippen molar-refractivity contribution in [1.29, 1.82) is 0 Å². The summed E-state index contributed by atoms with van der Waals surface area (Å²) < 4.78 is 16.2. The van der Waals surface area contributed by atoms with Crippen molar-refractivity contribution in [3.63, 3.8) is 0 Å². The Kier molecular flexibility index (Phi) is 4.51. The van der Waals surface area contributed by atoms with Gasteiger partial charge in [-0.2, -0.15) is 0 Å². The number of carbonyl (C=O) groups excluding carboxylic acids is 1. The first kappa shape index (κ1) is 18.4. The lowest BCUT2D eigenvalue weighted by Gasteiger charge is -2.18. The van der Waals surface area contributed by atoms with Crippen molar-refractivity contribution in [2.24, 2.45) is 0 Å². The van der Waals surface area contributed by atoms with Crippen LogP contribution < -0.4 is 14.4 Å². The number of cyclic esters (lactones) is 1. The van der Waals surface area contributed by atoms with Crippen LogP contribution in [0.2, 0.25) is 5.15 Å². The molecule has 6 nitrogen and oxygen atoms in total. The van der Waals surface area contributed by atoms with E-state index in [9.17, 15) is 4.79 Å². The molecule has 0 spiro atoms. The highest BCUT2D eigenvalue weighted by Gasteiger charge is 2.29. The number of nitrogens with zero attached hydrogens (tertiary/aromatic N) is 2. The van der Waals surface area contributed by atoms with Gasteiger partial charge >= 0.3 is 5.97 Å². The molecular weight excluding hydrogens is 380 g/mol. The van der Waals surface area contributed by atoms with Gasteiger partial charge in [-0.1, -0.05) is 11.6 Å². The molecule has 0 atom stereocenters. The molecule has 1 aliphatic heterocycles. The predicted octanol–water partition coefficient (Wildman–Crippen LogP) is 4.31. The van der Waals surface area contributed by atoms with Crippen LogP contribution in [0.3, 0.4) is 0 Å². The molecule has 0 aliphatic carbocycles. The number of carbonyl (C=O) groups is 1. The summed E-state index contributed by atoms with van der Waals surface area (Å²) in [4.78, 5) is 18.7. The molecule has 3 aromatic rings. The lowest BCUT2D eigenvalue weighted by molar-refractivity contribution is 0.0535. The van der Waals surface area contributed by atoms with Crippen molar-refractivity contribution >= 4 is 34.0 Å². The summed E-state index contributed by atoms with van der Waals surface area (Å²) in [5.41, 5.74) is 3.68. The first-order chi connectivity index (χ1) is 13.4. The summed E-state index contributed by atoms with van der Waals surface area (Å²) in [5, 5.41) is 2.17. The van der Waals surface area contributed by atoms with E-state index in [0.29, 0.717) is 22.2 Å². The number of methoxy groups -OCH3 is 2. The topological polar surface area (TPSA) is 60.9 Å². The van der Waals surface area contributed by atoms with Gasteiger partial charge in [0.05, 0.1) is 25.5 Å². The maximum absolute atomic E-state index is 12.5. The van der Waals surface area contributed by atoms with Crippen LogP contribution in [0.5, 0.6) is 11.5 Å². The number of fused-ring (bicyclic) bond motifs is 2. The molecule has 7 heteroatoms. The minimum atomic E-state index is -0.344. The lowest BCUT2D eigenvalue weighted by Crippen LogP contribution is -2.10. The maximum Gasteiger partial charge on any atom is 0.339 e. The van der Waals surface area contributed by atoms with E-state index in [2.05, 4.69) is 4.98 Å². The Bertz CT molecular complexity index is 1110. The number of halogens is 1. The number of esters is 1.